The summed E-state index contributed by atoms with van der Waals surface area (Å²) >= 11 is 5.98. The Morgan fingerprint density at radius 2 is 1.87 bits per heavy atom. The molecule has 0 amide bonds. The molecule has 2 N–H and O–H groups in total. The van der Waals surface area contributed by atoms with E-state index in [2.05, 4.69) is 15.5 Å². The van der Waals surface area contributed by atoms with Crippen LogP contribution in [-0.4, -0.2) is 30.0 Å². The lowest BCUT2D eigenvalue weighted by Crippen LogP contribution is -2.37. The molecule has 0 saturated heterocycles. The SMILES string of the molecule is Cn1c(=O)c2c(nc(N/N=C\c3cccc(O)c3)n2Cc2ccc(Cl)cc2)n(C)c1=O. The van der Waals surface area contributed by atoms with E-state index in [1.54, 1.807) is 48.0 Å². The fourth-order valence-corrected chi connectivity index (χ4v) is 3.35. The van der Waals surface area contributed by atoms with Crippen molar-refractivity contribution in [3.8, 4) is 5.75 Å². The Bertz CT molecular complexity index is 1420. The van der Waals surface area contributed by atoms with E-state index in [9.17, 15) is 14.7 Å². The Balaban J connectivity index is 1.82. The van der Waals surface area contributed by atoms with Crippen molar-refractivity contribution in [2.45, 2.75) is 6.54 Å². The molecule has 2 aromatic heterocycles. The number of anilines is 1. The molecule has 0 unspecified atom stereocenters. The minimum atomic E-state index is -0.469. The van der Waals surface area contributed by atoms with Gasteiger partial charge in [-0.25, -0.2) is 10.2 Å². The van der Waals surface area contributed by atoms with E-state index < -0.39 is 11.2 Å². The molecule has 9 nitrogen and oxygen atoms in total. The molecule has 0 aliphatic rings. The summed E-state index contributed by atoms with van der Waals surface area (Å²) in [6, 6.07) is 13.8. The summed E-state index contributed by atoms with van der Waals surface area (Å²) in [6.07, 6.45) is 1.52. The molecule has 0 atom stereocenters. The van der Waals surface area contributed by atoms with Crippen LogP contribution in [0.5, 0.6) is 5.75 Å². The number of hydrogen-bond donors (Lipinski definition) is 2. The topological polar surface area (TPSA) is 106 Å². The van der Waals surface area contributed by atoms with E-state index in [0.29, 0.717) is 23.1 Å². The van der Waals surface area contributed by atoms with Gasteiger partial charge in [0.1, 0.15) is 5.75 Å². The minimum Gasteiger partial charge on any atom is -0.508 e. The van der Waals surface area contributed by atoms with E-state index in [1.165, 1.54) is 17.8 Å². The number of halogens is 1. The monoisotopic (exact) mass is 438 g/mol. The minimum absolute atomic E-state index is 0.123. The molecular formula is C21H19ClN6O3. The van der Waals surface area contributed by atoms with Crippen molar-refractivity contribution in [3.05, 3.63) is 85.5 Å². The Morgan fingerprint density at radius 3 is 2.58 bits per heavy atom. The molecule has 2 heterocycles. The maximum absolute atomic E-state index is 12.9. The highest BCUT2D eigenvalue weighted by atomic mass is 35.5. The molecule has 4 rings (SSSR count). The number of phenols is 1. The molecule has 31 heavy (non-hydrogen) atoms. The number of aromatic nitrogens is 4. The second-order valence-electron chi connectivity index (χ2n) is 6.99. The van der Waals surface area contributed by atoms with Gasteiger partial charge >= 0.3 is 5.69 Å². The van der Waals surface area contributed by atoms with Crippen LogP contribution in [0.15, 0.2) is 63.2 Å². The summed E-state index contributed by atoms with van der Waals surface area (Å²) in [5.41, 5.74) is 4.01. The van der Waals surface area contributed by atoms with Crippen LogP contribution in [0.25, 0.3) is 11.2 Å². The molecule has 0 fully saturated rings. The molecule has 2 aromatic carbocycles. The highest BCUT2D eigenvalue weighted by molar-refractivity contribution is 6.30. The molecule has 0 bridgehead atoms. The Kier molecular flexibility index (Phi) is 5.35. The fourth-order valence-electron chi connectivity index (χ4n) is 3.23. The number of hydrazone groups is 1. The molecule has 0 aliphatic heterocycles. The largest absolute Gasteiger partial charge is 0.508 e. The van der Waals surface area contributed by atoms with Gasteiger partial charge in [0, 0.05) is 19.1 Å². The molecule has 158 valence electrons. The number of fused-ring (bicyclic) bond motifs is 1. The van der Waals surface area contributed by atoms with Gasteiger partial charge in [-0.05, 0) is 35.4 Å². The Hall–Kier alpha value is -3.85. The number of benzene rings is 2. The number of phenolic OH excluding ortho intramolecular Hbond substituents is 1. The third-order valence-corrected chi connectivity index (χ3v) is 5.10. The highest BCUT2D eigenvalue weighted by Gasteiger charge is 2.19. The lowest BCUT2D eigenvalue weighted by atomic mass is 10.2. The fraction of sp³-hybridized carbons (Fsp3) is 0.143. The predicted octanol–water partition coefficient (Wildman–Crippen LogP) is 2.29. The first-order valence-corrected chi connectivity index (χ1v) is 9.72. The molecule has 0 spiro atoms. The molecule has 4 aromatic rings. The molecule has 0 saturated carbocycles. The average Bonchev–Trinajstić information content (AvgIpc) is 3.11. The number of imidazole rings is 1. The smallest absolute Gasteiger partial charge is 0.332 e. The lowest BCUT2D eigenvalue weighted by molar-refractivity contribution is 0.475. The van der Waals surface area contributed by atoms with Crippen molar-refractivity contribution in [1.29, 1.82) is 0 Å². The van der Waals surface area contributed by atoms with E-state index in [4.69, 9.17) is 11.6 Å². The van der Waals surface area contributed by atoms with Crippen LogP contribution in [0, 0.1) is 0 Å². The van der Waals surface area contributed by atoms with E-state index in [0.717, 1.165) is 10.1 Å². The van der Waals surface area contributed by atoms with Gasteiger partial charge in [0.2, 0.25) is 5.95 Å². The van der Waals surface area contributed by atoms with Crippen LogP contribution in [0.4, 0.5) is 5.95 Å². The average molecular weight is 439 g/mol. The Labute approximate surface area is 181 Å². The summed E-state index contributed by atoms with van der Waals surface area (Å²) in [5.74, 6) is 0.414. The van der Waals surface area contributed by atoms with Crippen LogP contribution in [0.2, 0.25) is 5.02 Å². The lowest BCUT2D eigenvalue weighted by Gasteiger charge is -2.09. The maximum atomic E-state index is 12.9. The van der Waals surface area contributed by atoms with Gasteiger partial charge < -0.3 is 5.11 Å². The molecular weight excluding hydrogens is 420 g/mol. The number of nitrogens with one attached hydrogen (secondary N) is 1. The first kappa shape index (κ1) is 20.4. The third-order valence-electron chi connectivity index (χ3n) is 4.85. The number of rotatable bonds is 5. The standard InChI is InChI=1S/C21H19ClN6O3/c1-26-18-17(19(30)27(2)21(26)31)28(12-13-6-8-15(22)9-7-13)20(24-18)25-23-11-14-4-3-5-16(29)10-14/h3-11,29H,12H2,1-2H3,(H,24,25)/b23-11-. The predicted molar refractivity (Wildman–Crippen MR) is 120 cm³/mol. The van der Waals surface area contributed by atoms with Gasteiger partial charge in [-0.3, -0.25) is 18.5 Å². The van der Waals surface area contributed by atoms with Crippen molar-refractivity contribution in [1.82, 2.24) is 18.7 Å². The van der Waals surface area contributed by atoms with E-state index in [1.807, 2.05) is 12.1 Å². The van der Waals surface area contributed by atoms with Crippen LogP contribution in [-0.2, 0) is 20.6 Å². The van der Waals surface area contributed by atoms with Gasteiger partial charge in [-0.2, -0.15) is 10.1 Å². The summed E-state index contributed by atoms with van der Waals surface area (Å²) in [4.78, 5) is 29.7. The van der Waals surface area contributed by atoms with Gasteiger partial charge in [0.25, 0.3) is 5.56 Å². The van der Waals surface area contributed by atoms with Crippen LogP contribution in [0.1, 0.15) is 11.1 Å². The first-order valence-electron chi connectivity index (χ1n) is 9.34. The van der Waals surface area contributed by atoms with E-state index >= 15 is 0 Å². The van der Waals surface area contributed by atoms with Crippen molar-refractivity contribution in [3.63, 3.8) is 0 Å². The zero-order valence-corrected chi connectivity index (χ0v) is 17.5. The number of hydrogen-bond acceptors (Lipinski definition) is 6. The third kappa shape index (κ3) is 3.95. The Morgan fingerprint density at radius 1 is 1.13 bits per heavy atom. The van der Waals surface area contributed by atoms with E-state index in [-0.39, 0.29) is 16.9 Å². The number of nitrogens with zero attached hydrogens (tertiary/aromatic N) is 5. The number of aromatic hydroxyl groups is 1. The highest BCUT2D eigenvalue weighted by Crippen LogP contribution is 2.19. The van der Waals surface area contributed by atoms with Crippen molar-refractivity contribution >= 4 is 34.9 Å². The van der Waals surface area contributed by atoms with Gasteiger partial charge in [0.05, 0.1) is 12.8 Å². The summed E-state index contributed by atoms with van der Waals surface area (Å²) in [5, 5.41) is 14.4. The molecule has 0 radical (unpaired) electrons. The summed E-state index contributed by atoms with van der Waals surface area (Å²) in [6.45, 7) is 0.311. The summed E-state index contributed by atoms with van der Waals surface area (Å²) < 4.78 is 4.03. The maximum Gasteiger partial charge on any atom is 0.332 e. The zero-order chi connectivity index (χ0) is 22.1. The second-order valence-corrected chi connectivity index (χ2v) is 7.43. The zero-order valence-electron chi connectivity index (χ0n) is 16.8. The van der Waals surface area contributed by atoms with Crippen LogP contribution >= 0.6 is 11.6 Å². The van der Waals surface area contributed by atoms with Crippen LogP contribution in [0.3, 0.4) is 0 Å². The first-order chi connectivity index (χ1) is 14.8. The summed E-state index contributed by atoms with van der Waals surface area (Å²) in [7, 11) is 2.99. The van der Waals surface area contributed by atoms with Crippen molar-refractivity contribution in [2.75, 3.05) is 5.43 Å². The normalized spacial score (nSPS) is 11.5. The van der Waals surface area contributed by atoms with Gasteiger partial charge in [-0.1, -0.05) is 35.9 Å². The van der Waals surface area contributed by atoms with Crippen molar-refractivity contribution in [2.24, 2.45) is 19.2 Å². The molecule has 10 heteroatoms. The van der Waals surface area contributed by atoms with Crippen LogP contribution < -0.4 is 16.7 Å². The van der Waals surface area contributed by atoms with Gasteiger partial charge in [0.15, 0.2) is 11.2 Å². The van der Waals surface area contributed by atoms with Gasteiger partial charge in [-0.15, -0.1) is 0 Å². The molecule has 0 aliphatic carbocycles. The quantitative estimate of drug-likeness (QED) is 0.367. The van der Waals surface area contributed by atoms with Crippen molar-refractivity contribution < 1.29 is 5.11 Å². The second kappa shape index (κ2) is 8.11. The number of aryl methyl sites for hydroxylation is 1.